The summed E-state index contributed by atoms with van der Waals surface area (Å²) in [7, 11) is 0. The van der Waals surface area contributed by atoms with Gasteiger partial charge in [-0.2, -0.15) is 0 Å². The molecule has 0 aromatic rings. The van der Waals surface area contributed by atoms with Crippen LogP contribution >= 0.6 is 0 Å². The number of nitrogens with zero attached hydrogens (tertiary/aromatic N) is 1. The van der Waals surface area contributed by atoms with Crippen LogP contribution in [0.3, 0.4) is 0 Å². The second-order valence-corrected chi connectivity index (χ2v) is 5.55. The van der Waals surface area contributed by atoms with Crippen LogP contribution in [0.15, 0.2) is 0 Å². The van der Waals surface area contributed by atoms with Crippen LogP contribution in [0.4, 0.5) is 0 Å². The van der Waals surface area contributed by atoms with Crippen molar-refractivity contribution in [2.45, 2.75) is 59.4 Å². The highest BCUT2D eigenvalue weighted by Crippen LogP contribution is 2.25. The lowest BCUT2D eigenvalue weighted by Crippen LogP contribution is -2.46. The molecule has 0 aliphatic carbocycles. The molecule has 2 rings (SSSR count). The molecule has 0 amide bonds. The molecule has 0 bridgehead atoms. The predicted octanol–water partition coefficient (Wildman–Crippen LogP) is 3.13. The second-order valence-electron chi connectivity index (χ2n) is 5.55. The van der Waals surface area contributed by atoms with Gasteiger partial charge in [0.15, 0.2) is 0 Å². The lowest BCUT2D eigenvalue weighted by Gasteiger charge is -2.40. The van der Waals surface area contributed by atoms with E-state index in [2.05, 4.69) is 24.1 Å². The molecule has 2 nitrogen and oxygen atoms in total. The van der Waals surface area contributed by atoms with Crippen molar-refractivity contribution in [3.05, 3.63) is 0 Å². The Hall–Kier alpha value is -0.0800. The zero-order valence-electron chi connectivity index (χ0n) is 12.3. The molecule has 0 radical (unpaired) electrons. The first kappa shape index (κ1) is 15.0. The Labute approximate surface area is 108 Å². The van der Waals surface area contributed by atoms with Gasteiger partial charge in [0.25, 0.3) is 0 Å². The molecule has 0 unspecified atom stereocenters. The summed E-state index contributed by atoms with van der Waals surface area (Å²) in [6.07, 6.45) is 5.59. The standard InChI is InChI=1S/C13H26N2.C2H6/c1-11-5-9-15(10-6-11)12(2)13-3-7-14-8-4-13;1-2/h11-14H,3-10H2,1-2H3;1-2H3/t12-;/m1./s1. The van der Waals surface area contributed by atoms with Gasteiger partial charge >= 0.3 is 0 Å². The van der Waals surface area contributed by atoms with E-state index >= 15 is 0 Å². The largest absolute Gasteiger partial charge is 0.317 e. The lowest BCUT2D eigenvalue weighted by atomic mass is 9.88. The van der Waals surface area contributed by atoms with Gasteiger partial charge in [0, 0.05) is 6.04 Å². The summed E-state index contributed by atoms with van der Waals surface area (Å²) >= 11 is 0. The minimum atomic E-state index is 0.819. The van der Waals surface area contributed by atoms with E-state index in [1.165, 1.54) is 51.9 Å². The Kier molecular flexibility index (Phi) is 7.14. The number of piperidine rings is 2. The van der Waals surface area contributed by atoms with Crippen molar-refractivity contribution in [2.75, 3.05) is 26.2 Å². The van der Waals surface area contributed by atoms with Gasteiger partial charge in [0.1, 0.15) is 0 Å². The first-order valence-corrected chi connectivity index (χ1v) is 7.72. The van der Waals surface area contributed by atoms with E-state index in [-0.39, 0.29) is 0 Å². The first-order valence-electron chi connectivity index (χ1n) is 7.72. The van der Waals surface area contributed by atoms with Crippen LogP contribution in [-0.4, -0.2) is 37.1 Å². The maximum absolute atomic E-state index is 3.46. The van der Waals surface area contributed by atoms with Crippen molar-refractivity contribution in [1.29, 1.82) is 0 Å². The quantitative estimate of drug-likeness (QED) is 0.798. The van der Waals surface area contributed by atoms with Gasteiger partial charge in [-0.3, -0.25) is 0 Å². The van der Waals surface area contributed by atoms with Crippen molar-refractivity contribution >= 4 is 0 Å². The summed E-state index contributed by atoms with van der Waals surface area (Å²) in [5.74, 6) is 1.90. The van der Waals surface area contributed by atoms with Crippen LogP contribution in [-0.2, 0) is 0 Å². The van der Waals surface area contributed by atoms with Crippen LogP contribution in [0.2, 0.25) is 0 Å². The van der Waals surface area contributed by atoms with Crippen molar-refractivity contribution in [3.8, 4) is 0 Å². The van der Waals surface area contributed by atoms with Crippen molar-refractivity contribution in [2.24, 2.45) is 11.8 Å². The molecule has 1 N–H and O–H groups in total. The van der Waals surface area contributed by atoms with Gasteiger partial charge in [0.2, 0.25) is 0 Å². The van der Waals surface area contributed by atoms with Crippen molar-refractivity contribution < 1.29 is 0 Å². The van der Waals surface area contributed by atoms with Crippen LogP contribution < -0.4 is 5.32 Å². The molecule has 2 fully saturated rings. The number of likely N-dealkylation sites (tertiary alicyclic amines) is 1. The molecule has 2 aliphatic rings. The van der Waals surface area contributed by atoms with Gasteiger partial charge in [0.05, 0.1) is 0 Å². The Bertz CT molecular complexity index is 179. The van der Waals surface area contributed by atoms with E-state index in [0.29, 0.717) is 0 Å². The number of hydrogen-bond acceptors (Lipinski definition) is 2. The molecule has 17 heavy (non-hydrogen) atoms. The molecule has 0 saturated carbocycles. The molecule has 2 saturated heterocycles. The molecule has 1 atom stereocenters. The number of hydrogen-bond donors (Lipinski definition) is 1. The third-order valence-electron chi connectivity index (χ3n) is 4.46. The average molecular weight is 240 g/mol. The Morgan fingerprint density at radius 1 is 1.00 bits per heavy atom. The summed E-state index contributed by atoms with van der Waals surface area (Å²) < 4.78 is 0. The lowest BCUT2D eigenvalue weighted by molar-refractivity contribution is 0.0958. The highest BCUT2D eigenvalue weighted by Gasteiger charge is 2.27. The first-order chi connectivity index (χ1) is 8.27. The van der Waals surface area contributed by atoms with E-state index in [0.717, 1.165) is 17.9 Å². The molecule has 0 spiro atoms. The normalized spacial score (nSPS) is 26.1. The SMILES string of the molecule is CC.CC1CCN([C@H](C)C2CCNCC2)CC1. The predicted molar refractivity (Wildman–Crippen MR) is 76.4 cm³/mol. The fourth-order valence-electron chi connectivity index (χ4n) is 3.06. The van der Waals surface area contributed by atoms with Gasteiger partial charge in [-0.25, -0.2) is 0 Å². The molecule has 2 heteroatoms. The van der Waals surface area contributed by atoms with Gasteiger partial charge in [-0.15, -0.1) is 0 Å². The van der Waals surface area contributed by atoms with E-state index in [4.69, 9.17) is 0 Å². The fourth-order valence-corrected chi connectivity index (χ4v) is 3.06. The average Bonchev–Trinajstić information content (AvgIpc) is 2.42. The topological polar surface area (TPSA) is 15.3 Å². The van der Waals surface area contributed by atoms with E-state index in [9.17, 15) is 0 Å². The molecule has 2 aliphatic heterocycles. The Morgan fingerprint density at radius 3 is 2.06 bits per heavy atom. The summed E-state index contributed by atoms with van der Waals surface area (Å²) in [6, 6.07) is 0.819. The molecule has 102 valence electrons. The van der Waals surface area contributed by atoms with Gasteiger partial charge in [-0.1, -0.05) is 20.8 Å². The number of rotatable bonds is 2. The third-order valence-corrected chi connectivity index (χ3v) is 4.46. The zero-order chi connectivity index (χ0) is 12.7. The highest BCUT2D eigenvalue weighted by atomic mass is 15.2. The summed E-state index contributed by atoms with van der Waals surface area (Å²) in [5.41, 5.74) is 0. The monoisotopic (exact) mass is 240 g/mol. The zero-order valence-corrected chi connectivity index (χ0v) is 12.3. The van der Waals surface area contributed by atoms with Crippen LogP contribution in [0, 0.1) is 11.8 Å². The molecule has 2 heterocycles. The van der Waals surface area contributed by atoms with Crippen molar-refractivity contribution in [3.63, 3.8) is 0 Å². The van der Waals surface area contributed by atoms with E-state index < -0.39 is 0 Å². The summed E-state index contributed by atoms with van der Waals surface area (Å²) in [6.45, 7) is 14.0. The smallest absolute Gasteiger partial charge is 0.00961 e. The molecular formula is C15H32N2. The maximum Gasteiger partial charge on any atom is 0.00961 e. The van der Waals surface area contributed by atoms with Gasteiger partial charge < -0.3 is 10.2 Å². The van der Waals surface area contributed by atoms with Crippen LogP contribution in [0.5, 0.6) is 0 Å². The summed E-state index contributed by atoms with van der Waals surface area (Å²) in [4.78, 5) is 2.73. The van der Waals surface area contributed by atoms with E-state index in [1.54, 1.807) is 0 Å². The third kappa shape index (κ3) is 4.59. The fraction of sp³-hybridized carbons (Fsp3) is 1.00. The van der Waals surface area contributed by atoms with Crippen LogP contribution in [0.1, 0.15) is 53.4 Å². The molecule has 0 aromatic heterocycles. The van der Waals surface area contributed by atoms with Crippen LogP contribution in [0.25, 0.3) is 0 Å². The second kappa shape index (κ2) is 8.10. The van der Waals surface area contributed by atoms with E-state index in [1.807, 2.05) is 13.8 Å². The maximum atomic E-state index is 3.46. The minimum absolute atomic E-state index is 0.819. The Balaban J connectivity index is 0.000000686. The minimum Gasteiger partial charge on any atom is -0.317 e. The number of nitrogens with one attached hydrogen (secondary N) is 1. The Morgan fingerprint density at radius 2 is 1.53 bits per heavy atom. The van der Waals surface area contributed by atoms with Crippen molar-refractivity contribution in [1.82, 2.24) is 10.2 Å². The summed E-state index contributed by atoms with van der Waals surface area (Å²) in [5, 5.41) is 3.46. The molecular weight excluding hydrogens is 208 g/mol. The molecule has 0 aromatic carbocycles. The van der Waals surface area contributed by atoms with Gasteiger partial charge in [-0.05, 0) is 70.6 Å². The highest BCUT2D eigenvalue weighted by molar-refractivity contribution is 4.82.